The second kappa shape index (κ2) is 9.82. The van der Waals surface area contributed by atoms with Gasteiger partial charge in [-0.3, -0.25) is 9.36 Å². The maximum Gasteiger partial charge on any atom is 0.420 e. The summed E-state index contributed by atoms with van der Waals surface area (Å²) in [5, 5.41) is 0. The number of pyridine rings is 1. The van der Waals surface area contributed by atoms with Crippen molar-refractivity contribution in [3.8, 4) is 0 Å². The molecular formula is C24H29N5O5S. The first kappa shape index (κ1) is 23.6. The zero-order valence-electron chi connectivity index (χ0n) is 19.5. The molecular weight excluding hydrogens is 470 g/mol. The molecule has 0 aliphatic carbocycles. The second-order valence-corrected chi connectivity index (χ2v) is 10.9. The summed E-state index contributed by atoms with van der Waals surface area (Å²) in [6, 6.07) is 10.2. The summed E-state index contributed by atoms with van der Waals surface area (Å²) in [4.78, 5) is 33.8. The molecule has 0 N–H and O–H groups in total. The number of rotatable bonds is 5. The molecule has 5 rings (SSSR count). The lowest BCUT2D eigenvalue weighted by Crippen LogP contribution is -2.50. The van der Waals surface area contributed by atoms with Crippen LogP contribution in [0.25, 0.3) is 11.1 Å². The standard InChI is InChI=1S/C24H29N5O5S/c30-23(27-15-13-26(14-16-27)22-7-3-4-10-25-22)18-29-20-9-8-19(17-21(20)34-24(29)31)35(32,33)28-11-5-1-2-6-12-28/h3-4,7-10,17H,1-2,5-6,11-16,18H2. The number of amides is 1. The summed E-state index contributed by atoms with van der Waals surface area (Å²) in [5.41, 5.74) is 0.573. The van der Waals surface area contributed by atoms with Gasteiger partial charge in [-0.2, -0.15) is 4.31 Å². The van der Waals surface area contributed by atoms with E-state index in [1.807, 2.05) is 18.2 Å². The smallest absolute Gasteiger partial charge is 0.408 e. The molecule has 0 bridgehead atoms. The van der Waals surface area contributed by atoms with Crippen LogP contribution in [0.2, 0.25) is 0 Å². The molecule has 0 radical (unpaired) electrons. The minimum Gasteiger partial charge on any atom is -0.408 e. The summed E-state index contributed by atoms with van der Waals surface area (Å²) >= 11 is 0. The molecule has 0 saturated carbocycles. The predicted octanol–water partition coefficient (Wildman–Crippen LogP) is 1.90. The number of anilines is 1. The van der Waals surface area contributed by atoms with Crippen LogP contribution in [0.5, 0.6) is 0 Å². The number of oxazole rings is 1. The van der Waals surface area contributed by atoms with Crippen LogP contribution in [0.3, 0.4) is 0 Å². The Bertz CT molecular complexity index is 1350. The van der Waals surface area contributed by atoms with Gasteiger partial charge in [-0.25, -0.2) is 18.2 Å². The van der Waals surface area contributed by atoms with Crippen LogP contribution in [-0.2, 0) is 21.4 Å². The van der Waals surface area contributed by atoms with E-state index in [-0.39, 0.29) is 22.9 Å². The van der Waals surface area contributed by atoms with Crippen molar-refractivity contribution < 1.29 is 17.6 Å². The van der Waals surface area contributed by atoms with Gasteiger partial charge in [0.1, 0.15) is 12.4 Å². The molecule has 2 aromatic heterocycles. The topological polar surface area (TPSA) is 109 Å². The van der Waals surface area contributed by atoms with Crippen molar-refractivity contribution in [2.24, 2.45) is 0 Å². The average molecular weight is 500 g/mol. The van der Waals surface area contributed by atoms with E-state index in [0.717, 1.165) is 31.5 Å². The average Bonchev–Trinajstić information content (AvgIpc) is 3.04. The van der Waals surface area contributed by atoms with Crippen molar-refractivity contribution in [1.29, 1.82) is 0 Å². The molecule has 186 valence electrons. The van der Waals surface area contributed by atoms with Gasteiger partial charge in [0.25, 0.3) is 0 Å². The molecule has 1 amide bonds. The van der Waals surface area contributed by atoms with Gasteiger partial charge in [-0.15, -0.1) is 0 Å². The van der Waals surface area contributed by atoms with Crippen molar-refractivity contribution >= 4 is 32.8 Å². The fourth-order valence-corrected chi connectivity index (χ4v) is 6.28. The van der Waals surface area contributed by atoms with Crippen molar-refractivity contribution in [3.63, 3.8) is 0 Å². The van der Waals surface area contributed by atoms with Crippen LogP contribution in [0.1, 0.15) is 25.7 Å². The number of piperazine rings is 1. The van der Waals surface area contributed by atoms with Crippen LogP contribution in [0.15, 0.2) is 56.7 Å². The fraction of sp³-hybridized carbons (Fsp3) is 0.458. The highest BCUT2D eigenvalue weighted by Gasteiger charge is 2.27. The van der Waals surface area contributed by atoms with Crippen LogP contribution in [-0.4, -0.2) is 72.3 Å². The Hall–Kier alpha value is -3.18. The minimum atomic E-state index is -3.67. The quantitative estimate of drug-likeness (QED) is 0.527. The molecule has 2 fully saturated rings. The van der Waals surface area contributed by atoms with Crippen molar-refractivity contribution in [1.82, 2.24) is 18.8 Å². The third kappa shape index (κ3) is 4.83. The van der Waals surface area contributed by atoms with Gasteiger partial charge in [0.2, 0.25) is 15.9 Å². The molecule has 3 aromatic rings. The molecule has 0 atom stereocenters. The van der Waals surface area contributed by atoms with Crippen molar-refractivity contribution in [2.45, 2.75) is 37.1 Å². The number of hydrogen-bond acceptors (Lipinski definition) is 7. The van der Waals surface area contributed by atoms with Crippen molar-refractivity contribution in [3.05, 3.63) is 53.1 Å². The molecule has 1 aromatic carbocycles. The third-order valence-corrected chi connectivity index (χ3v) is 8.64. The Morgan fingerprint density at radius 2 is 1.69 bits per heavy atom. The van der Waals surface area contributed by atoms with E-state index in [1.54, 1.807) is 17.2 Å². The van der Waals surface area contributed by atoms with Gasteiger partial charge in [-0.1, -0.05) is 18.9 Å². The van der Waals surface area contributed by atoms with Gasteiger partial charge in [0.05, 0.1) is 10.4 Å². The fourth-order valence-electron chi connectivity index (χ4n) is 4.75. The highest BCUT2D eigenvalue weighted by atomic mass is 32.2. The number of benzene rings is 1. The number of fused-ring (bicyclic) bond motifs is 1. The Morgan fingerprint density at radius 1 is 0.943 bits per heavy atom. The highest BCUT2D eigenvalue weighted by Crippen LogP contribution is 2.24. The first-order chi connectivity index (χ1) is 16.9. The normalized spacial score (nSPS) is 18.1. The zero-order chi connectivity index (χ0) is 24.4. The molecule has 0 unspecified atom stereocenters. The number of aromatic nitrogens is 2. The summed E-state index contributed by atoms with van der Waals surface area (Å²) < 4.78 is 34.4. The van der Waals surface area contributed by atoms with Crippen LogP contribution in [0, 0.1) is 0 Å². The molecule has 2 saturated heterocycles. The molecule has 4 heterocycles. The van der Waals surface area contributed by atoms with Crippen LogP contribution < -0.4 is 10.7 Å². The third-order valence-electron chi connectivity index (χ3n) is 6.74. The van der Waals surface area contributed by atoms with E-state index in [4.69, 9.17) is 4.42 Å². The van der Waals surface area contributed by atoms with Crippen molar-refractivity contribution in [2.75, 3.05) is 44.2 Å². The molecule has 35 heavy (non-hydrogen) atoms. The Balaban J connectivity index is 1.30. The maximum atomic E-state index is 13.1. The largest absolute Gasteiger partial charge is 0.420 e. The molecule has 10 nitrogen and oxygen atoms in total. The van der Waals surface area contributed by atoms with E-state index in [0.29, 0.717) is 44.8 Å². The molecule has 2 aliphatic rings. The number of carbonyl (C=O) groups excluding carboxylic acids is 1. The van der Waals surface area contributed by atoms with Crippen LogP contribution >= 0.6 is 0 Å². The summed E-state index contributed by atoms with van der Waals surface area (Å²) in [6.45, 7) is 3.19. The lowest BCUT2D eigenvalue weighted by molar-refractivity contribution is -0.132. The summed E-state index contributed by atoms with van der Waals surface area (Å²) in [6.07, 6.45) is 5.47. The van der Waals surface area contributed by atoms with E-state index in [9.17, 15) is 18.0 Å². The van der Waals surface area contributed by atoms with E-state index in [2.05, 4.69) is 9.88 Å². The SMILES string of the molecule is O=C(Cn1c(=O)oc2cc(S(=O)(=O)N3CCCCCC3)ccc21)N1CCN(c2ccccn2)CC1. The number of hydrogen-bond donors (Lipinski definition) is 0. The van der Waals surface area contributed by atoms with Gasteiger partial charge >= 0.3 is 5.76 Å². The number of nitrogens with zero attached hydrogens (tertiary/aromatic N) is 5. The van der Waals surface area contributed by atoms with E-state index in [1.165, 1.54) is 21.0 Å². The Kier molecular flexibility index (Phi) is 6.61. The summed E-state index contributed by atoms with van der Waals surface area (Å²) in [5.74, 6) is 0.0177. The lowest BCUT2D eigenvalue weighted by atomic mass is 10.2. The minimum absolute atomic E-state index is 0.102. The predicted molar refractivity (Wildman–Crippen MR) is 131 cm³/mol. The van der Waals surface area contributed by atoms with Gasteiger partial charge in [0.15, 0.2) is 5.58 Å². The first-order valence-electron chi connectivity index (χ1n) is 12.0. The zero-order valence-corrected chi connectivity index (χ0v) is 20.3. The summed E-state index contributed by atoms with van der Waals surface area (Å²) in [7, 11) is -3.67. The molecule has 0 spiro atoms. The monoisotopic (exact) mass is 499 g/mol. The van der Waals surface area contributed by atoms with Gasteiger partial charge < -0.3 is 14.2 Å². The van der Waals surface area contributed by atoms with Gasteiger partial charge in [-0.05, 0) is 37.1 Å². The Labute approximate surface area is 203 Å². The van der Waals surface area contributed by atoms with E-state index < -0.39 is 15.8 Å². The maximum absolute atomic E-state index is 13.1. The van der Waals surface area contributed by atoms with Crippen LogP contribution in [0.4, 0.5) is 5.82 Å². The lowest BCUT2D eigenvalue weighted by Gasteiger charge is -2.35. The van der Waals surface area contributed by atoms with E-state index >= 15 is 0 Å². The highest BCUT2D eigenvalue weighted by molar-refractivity contribution is 7.89. The first-order valence-corrected chi connectivity index (χ1v) is 13.4. The molecule has 11 heteroatoms. The number of carbonyl (C=O) groups is 1. The number of sulfonamides is 1. The Morgan fingerprint density at radius 3 is 2.37 bits per heavy atom. The van der Waals surface area contributed by atoms with Gasteiger partial charge in [0, 0.05) is 51.5 Å². The molecule has 2 aliphatic heterocycles. The second-order valence-electron chi connectivity index (χ2n) is 8.96.